The molecule has 3 aliphatic heterocycles. The number of rotatable bonds is 4. The molecule has 4 heteroatoms. The highest BCUT2D eigenvalue weighted by Gasteiger charge is 2.50. The summed E-state index contributed by atoms with van der Waals surface area (Å²) in [6, 6.07) is 43.5. The maximum atomic E-state index is 2.51. The lowest BCUT2D eigenvalue weighted by atomic mass is 9.34. The van der Waals surface area contributed by atoms with Crippen molar-refractivity contribution >= 4 is 68.4 Å². The second-order valence-electron chi connectivity index (χ2n) is 16.2. The number of thioether (sulfide) groups is 1. The molecule has 5 aromatic carbocycles. The smallest absolute Gasteiger partial charge is 0.245 e. The van der Waals surface area contributed by atoms with Crippen LogP contribution in [-0.4, -0.2) is 12.0 Å². The molecule has 50 heavy (non-hydrogen) atoms. The van der Waals surface area contributed by atoms with E-state index in [0.717, 1.165) is 17.1 Å². The quantitative estimate of drug-likeness (QED) is 0.176. The van der Waals surface area contributed by atoms with E-state index >= 15 is 0 Å². The molecule has 0 saturated heterocycles. The molecule has 2 nitrogen and oxygen atoms in total. The summed E-state index contributed by atoms with van der Waals surface area (Å²) in [6.45, 7) is 13.9. The Morgan fingerprint density at radius 2 is 1.24 bits per heavy atom. The zero-order chi connectivity index (χ0) is 34.4. The zero-order valence-corrected chi connectivity index (χ0v) is 30.6. The monoisotopic (exact) mass is 666 g/mol. The molecule has 2 unspecified atom stereocenters. The second-order valence-corrected chi connectivity index (χ2v) is 17.4. The van der Waals surface area contributed by atoms with Crippen molar-refractivity contribution in [3.8, 4) is 0 Å². The fraction of sp³-hybridized carbons (Fsp3) is 0.217. The van der Waals surface area contributed by atoms with E-state index in [1.54, 1.807) is 5.47 Å². The highest BCUT2D eigenvalue weighted by Crippen LogP contribution is 2.55. The van der Waals surface area contributed by atoms with Gasteiger partial charge in [-0.2, -0.15) is 0 Å². The molecule has 0 saturated carbocycles. The van der Waals surface area contributed by atoms with Crippen molar-refractivity contribution in [2.24, 2.45) is 5.92 Å². The van der Waals surface area contributed by atoms with Crippen LogP contribution >= 0.6 is 11.8 Å². The molecule has 1 aliphatic carbocycles. The molecule has 0 N–H and O–H groups in total. The minimum Gasteiger partial charge on any atom is -0.311 e. The normalized spacial score (nSPS) is 18.6. The Morgan fingerprint density at radius 3 is 1.88 bits per heavy atom. The highest BCUT2D eigenvalue weighted by molar-refractivity contribution is 8.09. The predicted octanol–water partition coefficient (Wildman–Crippen LogP) is 11.3. The Balaban J connectivity index is 1.25. The molecular weight excluding hydrogens is 623 g/mol. The van der Waals surface area contributed by atoms with Crippen LogP contribution in [-0.2, 0) is 10.8 Å². The van der Waals surface area contributed by atoms with Gasteiger partial charge >= 0.3 is 0 Å². The van der Waals surface area contributed by atoms with Crippen LogP contribution in [0.1, 0.15) is 58.2 Å². The predicted molar refractivity (Wildman–Crippen MR) is 218 cm³/mol. The van der Waals surface area contributed by atoms with E-state index < -0.39 is 0 Å². The summed E-state index contributed by atoms with van der Waals surface area (Å²) in [5, 5.41) is 0.472. The number of nitrogens with zero attached hydrogens (tertiary/aromatic N) is 2. The number of fused-ring (bicyclic) bond motifs is 6. The van der Waals surface area contributed by atoms with Crippen LogP contribution in [0.4, 0.5) is 34.1 Å². The summed E-state index contributed by atoms with van der Waals surface area (Å²) in [4.78, 5) is 6.44. The molecule has 0 aromatic heterocycles. The largest absolute Gasteiger partial charge is 0.311 e. The Bertz CT molecular complexity index is 2160. The van der Waals surface area contributed by atoms with Gasteiger partial charge in [0.15, 0.2) is 0 Å². The van der Waals surface area contributed by atoms with Gasteiger partial charge in [-0.25, -0.2) is 0 Å². The average Bonchev–Trinajstić information content (AvgIpc) is 3.65. The molecule has 9 rings (SSSR count). The van der Waals surface area contributed by atoms with Gasteiger partial charge in [0.05, 0.1) is 0 Å². The molecule has 5 aromatic rings. The number of hydrogen-bond acceptors (Lipinski definition) is 3. The molecule has 0 radical (unpaired) electrons. The van der Waals surface area contributed by atoms with Crippen molar-refractivity contribution in [3.05, 3.63) is 162 Å². The summed E-state index contributed by atoms with van der Waals surface area (Å²) >= 11 is 2.06. The SMILES string of the molecule is CC(C)(C)c1ccc(N(c2ccc(C(C)(C)C)cc2)c2ccc3c(c2)N(c2ccccc2)c2cccc4c2B3C2=C4SC3C=CC=CC23)cc1. The van der Waals surface area contributed by atoms with Crippen molar-refractivity contribution in [2.45, 2.75) is 57.6 Å². The summed E-state index contributed by atoms with van der Waals surface area (Å²) < 4.78 is 0. The van der Waals surface area contributed by atoms with Gasteiger partial charge in [-0.05, 0) is 93.0 Å². The fourth-order valence-electron chi connectivity index (χ4n) is 8.37. The van der Waals surface area contributed by atoms with E-state index in [9.17, 15) is 0 Å². The highest BCUT2D eigenvalue weighted by atomic mass is 32.2. The van der Waals surface area contributed by atoms with Gasteiger partial charge < -0.3 is 9.80 Å². The van der Waals surface area contributed by atoms with Crippen molar-refractivity contribution in [2.75, 3.05) is 9.80 Å². The van der Waals surface area contributed by atoms with Gasteiger partial charge in [-0.3, -0.25) is 0 Å². The first-order valence-corrected chi connectivity index (χ1v) is 18.9. The minimum atomic E-state index is 0.0850. The van der Waals surface area contributed by atoms with E-state index in [-0.39, 0.29) is 17.5 Å². The summed E-state index contributed by atoms with van der Waals surface area (Å²) in [5.41, 5.74) is 15.9. The Kier molecular flexibility index (Phi) is 7.16. The molecule has 3 heterocycles. The number of hydrogen-bond donors (Lipinski definition) is 0. The van der Waals surface area contributed by atoms with Crippen molar-refractivity contribution in [1.82, 2.24) is 0 Å². The molecule has 246 valence electrons. The zero-order valence-electron chi connectivity index (χ0n) is 29.8. The van der Waals surface area contributed by atoms with Crippen LogP contribution < -0.4 is 20.7 Å². The maximum absolute atomic E-state index is 2.51. The number of allylic oxidation sites excluding steroid dienone is 4. The first-order valence-electron chi connectivity index (χ1n) is 18.0. The topological polar surface area (TPSA) is 6.48 Å². The summed E-state index contributed by atoms with van der Waals surface area (Å²) in [6.07, 6.45) is 9.31. The lowest BCUT2D eigenvalue weighted by Crippen LogP contribution is -2.51. The van der Waals surface area contributed by atoms with Crippen LogP contribution in [0.2, 0.25) is 0 Å². The second kappa shape index (κ2) is 11.4. The lowest BCUT2D eigenvalue weighted by molar-refractivity contribution is 0.590. The lowest BCUT2D eigenvalue weighted by Gasteiger charge is -2.38. The number of benzene rings is 5. The van der Waals surface area contributed by atoms with E-state index in [4.69, 9.17) is 0 Å². The molecule has 0 fully saturated rings. The fourth-order valence-corrected chi connectivity index (χ4v) is 9.89. The van der Waals surface area contributed by atoms with E-state index in [1.807, 2.05) is 0 Å². The minimum absolute atomic E-state index is 0.0850. The van der Waals surface area contributed by atoms with Gasteiger partial charge in [-0.1, -0.05) is 132 Å². The molecule has 0 bridgehead atoms. The summed E-state index contributed by atoms with van der Waals surface area (Å²) in [7, 11) is 0. The van der Waals surface area contributed by atoms with Crippen LogP contribution in [0.3, 0.4) is 0 Å². The van der Waals surface area contributed by atoms with E-state index in [0.29, 0.717) is 11.2 Å². The first kappa shape index (κ1) is 31.3. The molecule has 4 aliphatic rings. The standard InChI is InChI=1S/C46H43BN2S/c1-45(2,3)30-19-23-33(24-20-30)48(34-25-21-31(22-26-34)46(4,5)6)35-27-28-38-40(29-35)49(32-13-8-7-9-14-32)39-17-12-16-37-42(39)47(38)43-36-15-10-11-18-41(36)50-44(37)43/h7-29,36,41H,1-6H3. The Labute approximate surface area is 302 Å². The third-order valence-electron chi connectivity index (χ3n) is 10.9. The third-order valence-corrected chi connectivity index (χ3v) is 12.4. The number of anilines is 6. The van der Waals surface area contributed by atoms with Crippen LogP contribution in [0, 0.1) is 5.92 Å². The Morgan fingerprint density at radius 1 is 0.620 bits per heavy atom. The molecule has 0 amide bonds. The number of para-hydroxylation sites is 1. The van der Waals surface area contributed by atoms with Gasteiger partial charge in [0.25, 0.3) is 0 Å². The van der Waals surface area contributed by atoms with Gasteiger partial charge in [0.2, 0.25) is 6.71 Å². The maximum Gasteiger partial charge on any atom is 0.245 e. The van der Waals surface area contributed by atoms with Crippen LogP contribution in [0.15, 0.2) is 145 Å². The van der Waals surface area contributed by atoms with Gasteiger partial charge in [0.1, 0.15) is 0 Å². The average molecular weight is 667 g/mol. The Hall–Kier alpha value is -4.67. The molecule has 2 atom stereocenters. The van der Waals surface area contributed by atoms with Crippen molar-refractivity contribution < 1.29 is 0 Å². The van der Waals surface area contributed by atoms with Crippen LogP contribution in [0.25, 0.3) is 4.91 Å². The molecular formula is C46H43BN2S. The van der Waals surface area contributed by atoms with Gasteiger partial charge in [0, 0.05) is 50.2 Å². The van der Waals surface area contributed by atoms with Crippen molar-refractivity contribution in [3.63, 3.8) is 0 Å². The van der Waals surface area contributed by atoms with E-state index in [1.165, 1.54) is 49.6 Å². The summed E-state index contributed by atoms with van der Waals surface area (Å²) in [5.74, 6) is 0.417. The first-order chi connectivity index (χ1) is 24.1. The third kappa shape index (κ3) is 4.94. The van der Waals surface area contributed by atoms with Crippen molar-refractivity contribution in [1.29, 1.82) is 0 Å². The molecule has 0 spiro atoms. The van der Waals surface area contributed by atoms with E-state index in [2.05, 4.69) is 203 Å². The van der Waals surface area contributed by atoms with Crippen LogP contribution in [0.5, 0.6) is 0 Å². The van der Waals surface area contributed by atoms with Gasteiger partial charge in [-0.15, -0.1) is 11.8 Å².